The first-order chi connectivity index (χ1) is 14.2. The molecule has 10 heteroatoms. The van der Waals surface area contributed by atoms with Crippen molar-refractivity contribution in [3.05, 3.63) is 66.6 Å². The minimum absolute atomic E-state index is 0.152. The Morgan fingerprint density at radius 3 is 2.57 bits per heavy atom. The highest BCUT2D eigenvalue weighted by Gasteiger charge is 2.19. The topological polar surface area (TPSA) is 82.8 Å². The molecule has 0 N–H and O–H groups in total. The molecule has 30 heavy (non-hydrogen) atoms. The molecule has 0 aliphatic rings. The summed E-state index contributed by atoms with van der Waals surface area (Å²) in [6, 6.07) is 8.38. The minimum Gasteiger partial charge on any atom is -0.476 e. The van der Waals surface area contributed by atoms with Gasteiger partial charge in [0.05, 0.1) is 34.3 Å². The van der Waals surface area contributed by atoms with Crippen molar-refractivity contribution in [2.45, 2.75) is 20.0 Å². The molecule has 0 fully saturated rings. The van der Waals surface area contributed by atoms with Gasteiger partial charge in [0.25, 0.3) is 5.56 Å². The number of hydrogen-bond acceptors (Lipinski definition) is 6. The zero-order valence-corrected chi connectivity index (χ0v) is 19.2. The summed E-state index contributed by atoms with van der Waals surface area (Å²) in [4.78, 5) is 28.8. The van der Waals surface area contributed by atoms with E-state index in [1.165, 1.54) is 24.9 Å². The Kier molecular flexibility index (Phi) is 6.80. The number of methoxy groups -OCH3 is 1. The summed E-state index contributed by atoms with van der Waals surface area (Å²) in [6.07, 6.45) is 0.555. The SMILES string of the molecule is COC(=O)[C@@H](C)Oc1c(Cl)cc(C=Nn2c(C)nc3ccc(Br)cc3c2=O)cc1Cl. The third-order valence-corrected chi connectivity index (χ3v) is 5.20. The lowest BCUT2D eigenvalue weighted by atomic mass is 10.2. The van der Waals surface area contributed by atoms with E-state index in [1.807, 2.05) is 6.07 Å². The standard InChI is InChI=1S/C20H16BrCl2N3O4/c1-10(20(28)29-3)30-18-15(22)6-12(7-16(18)23)9-24-26-11(2)25-17-5-4-13(21)8-14(17)19(26)27/h4-10H,1-3H3/t10-/m1/s1. The molecule has 0 saturated carbocycles. The van der Waals surface area contributed by atoms with Crippen LogP contribution in [0.4, 0.5) is 0 Å². The quantitative estimate of drug-likeness (QED) is 0.368. The van der Waals surface area contributed by atoms with E-state index in [1.54, 1.807) is 31.2 Å². The third kappa shape index (κ3) is 4.66. The van der Waals surface area contributed by atoms with Crippen LogP contribution >= 0.6 is 39.1 Å². The smallest absolute Gasteiger partial charge is 0.346 e. The summed E-state index contributed by atoms with van der Waals surface area (Å²) in [6.45, 7) is 3.21. The van der Waals surface area contributed by atoms with Crippen LogP contribution in [0, 0.1) is 6.92 Å². The predicted molar refractivity (Wildman–Crippen MR) is 120 cm³/mol. The third-order valence-electron chi connectivity index (χ3n) is 4.14. The molecule has 0 bridgehead atoms. The number of ether oxygens (including phenoxy) is 2. The van der Waals surface area contributed by atoms with Gasteiger partial charge in [0.15, 0.2) is 11.9 Å². The van der Waals surface area contributed by atoms with Crippen LogP contribution in [0.1, 0.15) is 18.3 Å². The number of rotatable bonds is 5. The molecular weight excluding hydrogens is 497 g/mol. The Morgan fingerprint density at radius 2 is 1.93 bits per heavy atom. The monoisotopic (exact) mass is 511 g/mol. The average molecular weight is 513 g/mol. The van der Waals surface area contributed by atoms with Gasteiger partial charge in [0.2, 0.25) is 0 Å². The maximum Gasteiger partial charge on any atom is 0.346 e. The van der Waals surface area contributed by atoms with E-state index in [0.29, 0.717) is 22.3 Å². The summed E-state index contributed by atoms with van der Waals surface area (Å²) in [7, 11) is 1.26. The van der Waals surface area contributed by atoms with Crippen LogP contribution in [-0.2, 0) is 9.53 Å². The second-order valence-corrected chi connectivity index (χ2v) is 8.01. The van der Waals surface area contributed by atoms with Crippen molar-refractivity contribution in [3.8, 4) is 5.75 Å². The largest absolute Gasteiger partial charge is 0.476 e. The molecule has 1 aromatic heterocycles. The van der Waals surface area contributed by atoms with Crippen LogP contribution in [0.5, 0.6) is 5.75 Å². The minimum atomic E-state index is -0.881. The van der Waals surface area contributed by atoms with Crippen LogP contribution in [0.15, 0.2) is 44.7 Å². The number of carbonyl (C=O) groups excluding carboxylic acids is 1. The highest BCUT2D eigenvalue weighted by Crippen LogP contribution is 2.34. The molecule has 0 saturated heterocycles. The van der Waals surface area contributed by atoms with Crippen LogP contribution in [0.25, 0.3) is 10.9 Å². The van der Waals surface area contributed by atoms with Gasteiger partial charge in [-0.25, -0.2) is 9.78 Å². The number of carbonyl (C=O) groups is 1. The second-order valence-electron chi connectivity index (χ2n) is 6.28. The van der Waals surface area contributed by atoms with Gasteiger partial charge in [-0.05, 0) is 49.7 Å². The first-order valence-corrected chi connectivity index (χ1v) is 10.2. The zero-order chi connectivity index (χ0) is 22.0. The van der Waals surface area contributed by atoms with Crippen LogP contribution in [0.2, 0.25) is 10.0 Å². The van der Waals surface area contributed by atoms with Gasteiger partial charge in [0.1, 0.15) is 5.82 Å². The fourth-order valence-electron chi connectivity index (χ4n) is 2.68. The van der Waals surface area contributed by atoms with E-state index in [4.69, 9.17) is 27.9 Å². The van der Waals surface area contributed by atoms with E-state index < -0.39 is 12.1 Å². The van der Waals surface area contributed by atoms with E-state index in [2.05, 4.69) is 30.8 Å². The van der Waals surface area contributed by atoms with Crippen molar-refractivity contribution in [1.29, 1.82) is 0 Å². The number of hydrogen-bond donors (Lipinski definition) is 0. The first kappa shape index (κ1) is 22.3. The fraction of sp³-hybridized carbons (Fsp3) is 0.200. The average Bonchev–Trinajstić information content (AvgIpc) is 2.70. The highest BCUT2D eigenvalue weighted by molar-refractivity contribution is 9.10. The molecule has 0 amide bonds. The molecule has 3 rings (SSSR count). The Balaban J connectivity index is 1.95. The van der Waals surface area contributed by atoms with Crippen molar-refractivity contribution >= 4 is 62.2 Å². The Hall–Kier alpha value is -2.42. The molecule has 0 aliphatic heterocycles. The van der Waals surface area contributed by atoms with E-state index in [0.717, 1.165) is 4.47 Å². The lowest BCUT2D eigenvalue weighted by Crippen LogP contribution is -2.25. The van der Waals surface area contributed by atoms with E-state index in [9.17, 15) is 9.59 Å². The molecule has 1 heterocycles. The van der Waals surface area contributed by atoms with Crippen LogP contribution in [0.3, 0.4) is 0 Å². The number of benzene rings is 2. The molecule has 0 spiro atoms. The summed E-state index contributed by atoms with van der Waals surface area (Å²) in [5.41, 5.74) is 0.808. The lowest BCUT2D eigenvalue weighted by Gasteiger charge is -2.15. The molecule has 3 aromatic rings. The molecular formula is C20H16BrCl2N3O4. The number of aromatic nitrogens is 2. The van der Waals surface area contributed by atoms with Gasteiger partial charge < -0.3 is 9.47 Å². The van der Waals surface area contributed by atoms with E-state index >= 15 is 0 Å². The number of halogens is 3. The number of fused-ring (bicyclic) bond motifs is 1. The number of nitrogens with zero attached hydrogens (tertiary/aromatic N) is 3. The highest BCUT2D eigenvalue weighted by atomic mass is 79.9. The zero-order valence-electron chi connectivity index (χ0n) is 16.1. The number of aryl methyl sites for hydroxylation is 1. The molecule has 156 valence electrons. The first-order valence-electron chi connectivity index (χ1n) is 8.68. The van der Waals surface area contributed by atoms with Crippen LogP contribution < -0.4 is 10.3 Å². The Bertz CT molecular complexity index is 1200. The maximum atomic E-state index is 12.8. The summed E-state index contributed by atoms with van der Waals surface area (Å²) in [5.74, 6) is 0.0205. The van der Waals surface area contributed by atoms with Gasteiger partial charge in [-0.15, -0.1) is 0 Å². The molecule has 7 nitrogen and oxygen atoms in total. The van der Waals surface area contributed by atoms with Crippen molar-refractivity contribution in [2.75, 3.05) is 7.11 Å². The Morgan fingerprint density at radius 1 is 1.27 bits per heavy atom. The van der Waals surface area contributed by atoms with Gasteiger partial charge in [0, 0.05) is 4.47 Å². The normalized spacial score (nSPS) is 12.3. The molecule has 0 unspecified atom stereocenters. The van der Waals surface area contributed by atoms with Crippen molar-refractivity contribution in [3.63, 3.8) is 0 Å². The molecule has 2 aromatic carbocycles. The van der Waals surface area contributed by atoms with Crippen molar-refractivity contribution in [1.82, 2.24) is 9.66 Å². The number of esters is 1. The van der Waals surface area contributed by atoms with Gasteiger partial charge in [-0.3, -0.25) is 4.79 Å². The van der Waals surface area contributed by atoms with Crippen molar-refractivity contribution in [2.24, 2.45) is 5.10 Å². The summed E-state index contributed by atoms with van der Waals surface area (Å²) < 4.78 is 12.1. The maximum absolute atomic E-state index is 12.8. The second kappa shape index (κ2) is 9.16. The fourth-order valence-corrected chi connectivity index (χ4v) is 3.63. The van der Waals surface area contributed by atoms with Gasteiger partial charge >= 0.3 is 5.97 Å². The molecule has 1 atom stereocenters. The molecule has 0 radical (unpaired) electrons. The summed E-state index contributed by atoms with van der Waals surface area (Å²) >= 11 is 15.9. The van der Waals surface area contributed by atoms with Gasteiger partial charge in [-0.2, -0.15) is 9.78 Å². The van der Waals surface area contributed by atoms with Crippen molar-refractivity contribution < 1.29 is 14.3 Å². The summed E-state index contributed by atoms with van der Waals surface area (Å²) in [5, 5.41) is 5.04. The van der Waals surface area contributed by atoms with E-state index in [-0.39, 0.29) is 21.4 Å². The van der Waals surface area contributed by atoms with Gasteiger partial charge in [-0.1, -0.05) is 39.1 Å². The predicted octanol–water partition coefficient (Wildman–Crippen LogP) is 4.60. The molecule has 0 aliphatic carbocycles. The van der Waals surface area contributed by atoms with Crippen LogP contribution in [-0.4, -0.2) is 35.1 Å². The Labute approximate surface area is 190 Å². The lowest BCUT2D eigenvalue weighted by molar-refractivity contribution is -0.147.